The first-order chi connectivity index (χ1) is 10.2. The molecule has 7 nitrogen and oxygen atoms in total. The molecule has 2 amide bonds. The van der Waals surface area contributed by atoms with Crippen LogP contribution >= 0.6 is 0 Å². The van der Waals surface area contributed by atoms with Gasteiger partial charge >= 0.3 is 6.03 Å². The smallest absolute Gasteiger partial charge is 0.335 e. The number of nitrogens with zero attached hydrogens (tertiary/aromatic N) is 1. The van der Waals surface area contributed by atoms with E-state index in [1.54, 1.807) is 24.3 Å². The normalized spacial score (nSPS) is 10.7. The number of benzene rings is 1. The van der Waals surface area contributed by atoms with Crippen LogP contribution in [-0.4, -0.2) is 48.7 Å². The van der Waals surface area contributed by atoms with Crippen molar-refractivity contribution in [2.75, 3.05) is 26.2 Å². The Kier molecular flexibility index (Phi) is 8.58. The summed E-state index contributed by atoms with van der Waals surface area (Å²) in [4.78, 5) is 11.4. The summed E-state index contributed by atoms with van der Waals surface area (Å²) in [6, 6.07) is 6.13. The van der Waals surface area contributed by atoms with Crippen LogP contribution in [-0.2, 0) is 0 Å². The Hall–Kier alpha value is -2.12. The minimum Gasteiger partial charge on any atom is -0.508 e. The number of amides is 2. The molecule has 0 unspecified atom stereocenters. The summed E-state index contributed by atoms with van der Waals surface area (Å²) < 4.78 is 0. The van der Waals surface area contributed by atoms with Crippen LogP contribution < -0.4 is 16.1 Å². The molecular weight excluding hydrogens is 272 g/mol. The van der Waals surface area contributed by atoms with Gasteiger partial charge < -0.3 is 20.8 Å². The van der Waals surface area contributed by atoms with Gasteiger partial charge in [-0.1, -0.05) is 0 Å². The van der Waals surface area contributed by atoms with Gasteiger partial charge in [0.25, 0.3) is 0 Å². The number of aliphatic hydroxyl groups excluding tert-OH is 1. The number of rotatable bonds is 9. The maximum absolute atomic E-state index is 11.4. The van der Waals surface area contributed by atoms with Gasteiger partial charge in [0, 0.05) is 13.1 Å². The van der Waals surface area contributed by atoms with Crippen molar-refractivity contribution in [3.8, 4) is 5.75 Å². The van der Waals surface area contributed by atoms with E-state index in [9.17, 15) is 4.79 Å². The van der Waals surface area contributed by atoms with Crippen molar-refractivity contribution in [2.24, 2.45) is 5.10 Å². The molecule has 1 aromatic carbocycles. The molecule has 0 radical (unpaired) electrons. The molecule has 0 bridgehead atoms. The predicted octanol–water partition coefficient (Wildman–Crippen LogP) is 0.387. The topological polar surface area (TPSA) is 106 Å². The van der Waals surface area contributed by atoms with Crippen LogP contribution in [0.2, 0.25) is 0 Å². The Labute approximate surface area is 124 Å². The van der Waals surface area contributed by atoms with Gasteiger partial charge in [-0.05, 0) is 49.2 Å². The molecule has 0 heterocycles. The molecule has 5 N–H and O–H groups in total. The Morgan fingerprint density at radius 2 is 1.86 bits per heavy atom. The fourth-order valence-corrected chi connectivity index (χ4v) is 1.55. The maximum Gasteiger partial charge on any atom is 0.335 e. The molecule has 0 aliphatic rings. The minimum absolute atomic E-state index is 0.139. The van der Waals surface area contributed by atoms with Gasteiger partial charge in [0.1, 0.15) is 5.75 Å². The number of aromatic hydroxyl groups is 1. The van der Waals surface area contributed by atoms with Gasteiger partial charge in [0.15, 0.2) is 0 Å². The van der Waals surface area contributed by atoms with Crippen molar-refractivity contribution in [3.63, 3.8) is 0 Å². The fourth-order valence-electron chi connectivity index (χ4n) is 1.55. The largest absolute Gasteiger partial charge is 0.508 e. The maximum atomic E-state index is 11.4. The van der Waals surface area contributed by atoms with Crippen molar-refractivity contribution >= 4 is 12.2 Å². The molecule has 7 heteroatoms. The Morgan fingerprint density at radius 1 is 1.14 bits per heavy atom. The number of urea groups is 1. The van der Waals surface area contributed by atoms with Crippen LogP contribution in [0.15, 0.2) is 29.4 Å². The molecule has 1 aromatic rings. The van der Waals surface area contributed by atoms with E-state index in [1.807, 2.05) is 0 Å². The molecule has 116 valence electrons. The van der Waals surface area contributed by atoms with Gasteiger partial charge in [-0.2, -0.15) is 5.10 Å². The van der Waals surface area contributed by atoms with Gasteiger partial charge in [-0.3, -0.25) is 0 Å². The second-order valence-corrected chi connectivity index (χ2v) is 4.40. The zero-order chi connectivity index (χ0) is 15.3. The van der Waals surface area contributed by atoms with Crippen molar-refractivity contribution < 1.29 is 15.0 Å². The highest BCUT2D eigenvalue weighted by atomic mass is 16.3. The number of hydrogen-bond donors (Lipinski definition) is 5. The monoisotopic (exact) mass is 294 g/mol. The number of nitrogens with one attached hydrogen (secondary N) is 3. The van der Waals surface area contributed by atoms with Crippen molar-refractivity contribution in [2.45, 2.75) is 12.8 Å². The number of hydrazone groups is 1. The van der Waals surface area contributed by atoms with Crippen molar-refractivity contribution in [1.29, 1.82) is 0 Å². The minimum atomic E-state index is -0.353. The molecule has 0 aromatic heterocycles. The summed E-state index contributed by atoms with van der Waals surface area (Å²) in [7, 11) is 0. The van der Waals surface area contributed by atoms with E-state index >= 15 is 0 Å². The van der Waals surface area contributed by atoms with Gasteiger partial charge in [-0.25, -0.2) is 10.2 Å². The van der Waals surface area contributed by atoms with Crippen LogP contribution in [0.25, 0.3) is 0 Å². The Balaban J connectivity index is 2.07. The van der Waals surface area contributed by atoms with Gasteiger partial charge in [-0.15, -0.1) is 0 Å². The summed E-state index contributed by atoms with van der Waals surface area (Å²) in [5.41, 5.74) is 3.15. The highest BCUT2D eigenvalue weighted by Gasteiger charge is 1.96. The molecular formula is C14H22N4O3. The molecule has 0 aliphatic heterocycles. The summed E-state index contributed by atoms with van der Waals surface area (Å²) in [6.07, 6.45) is 3.28. The zero-order valence-corrected chi connectivity index (χ0v) is 11.9. The van der Waals surface area contributed by atoms with Crippen LogP contribution in [0.1, 0.15) is 18.4 Å². The quantitative estimate of drug-likeness (QED) is 0.258. The molecule has 0 atom stereocenters. The van der Waals surface area contributed by atoms with Crippen molar-refractivity contribution in [1.82, 2.24) is 16.1 Å². The van der Waals surface area contributed by atoms with Crippen LogP contribution in [0.3, 0.4) is 0 Å². The third-order valence-corrected chi connectivity index (χ3v) is 2.63. The molecule has 0 saturated heterocycles. The Morgan fingerprint density at radius 3 is 2.57 bits per heavy atom. The van der Waals surface area contributed by atoms with E-state index in [4.69, 9.17) is 10.2 Å². The zero-order valence-electron chi connectivity index (χ0n) is 11.9. The summed E-state index contributed by atoms with van der Waals surface area (Å²) in [6.45, 7) is 2.13. The second-order valence-electron chi connectivity index (χ2n) is 4.40. The number of hydrogen-bond acceptors (Lipinski definition) is 5. The van der Waals surface area contributed by atoms with Crippen LogP contribution in [0.5, 0.6) is 5.75 Å². The van der Waals surface area contributed by atoms with E-state index in [0.717, 1.165) is 24.9 Å². The first-order valence-electron chi connectivity index (χ1n) is 6.90. The number of aliphatic hydroxyl groups is 1. The number of carbonyl (C=O) groups is 1. The SMILES string of the molecule is O=C(NCCCCNCCO)N/N=C/c1ccc(O)cc1. The number of unbranched alkanes of at least 4 members (excludes halogenated alkanes) is 1. The van der Waals surface area contributed by atoms with E-state index in [0.29, 0.717) is 13.1 Å². The van der Waals surface area contributed by atoms with Crippen molar-refractivity contribution in [3.05, 3.63) is 29.8 Å². The van der Waals surface area contributed by atoms with Crippen LogP contribution in [0, 0.1) is 0 Å². The molecule has 0 fully saturated rings. The lowest BCUT2D eigenvalue weighted by Gasteiger charge is -2.04. The van der Waals surface area contributed by atoms with Gasteiger partial charge in [0.05, 0.1) is 12.8 Å². The summed E-state index contributed by atoms with van der Waals surface area (Å²) in [5.74, 6) is 0.186. The summed E-state index contributed by atoms with van der Waals surface area (Å²) >= 11 is 0. The first-order valence-corrected chi connectivity index (χ1v) is 6.90. The summed E-state index contributed by atoms with van der Waals surface area (Å²) in [5, 5.41) is 27.2. The molecule has 1 rings (SSSR count). The van der Waals surface area contributed by atoms with E-state index in [1.165, 1.54) is 6.21 Å². The standard InChI is InChI=1S/C14H22N4O3/c19-10-9-15-7-1-2-8-16-14(21)18-17-11-12-3-5-13(20)6-4-12/h3-6,11,15,19-20H,1-2,7-10H2,(H2,16,18,21)/b17-11+. The first kappa shape index (κ1) is 16.9. The molecule has 0 aliphatic carbocycles. The number of carbonyl (C=O) groups excluding carboxylic acids is 1. The Bertz CT molecular complexity index is 434. The average molecular weight is 294 g/mol. The van der Waals surface area contributed by atoms with Gasteiger partial charge in [0.2, 0.25) is 0 Å². The molecule has 0 spiro atoms. The third kappa shape index (κ3) is 8.61. The number of phenolic OH excluding ortho intramolecular Hbond substituents is 1. The molecule has 21 heavy (non-hydrogen) atoms. The highest BCUT2D eigenvalue weighted by molar-refractivity contribution is 5.81. The lowest BCUT2D eigenvalue weighted by Crippen LogP contribution is -2.33. The highest BCUT2D eigenvalue weighted by Crippen LogP contribution is 2.07. The van der Waals surface area contributed by atoms with E-state index in [-0.39, 0.29) is 18.4 Å². The predicted molar refractivity (Wildman–Crippen MR) is 81.4 cm³/mol. The van der Waals surface area contributed by atoms with Crippen LogP contribution in [0.4, 0.5) is 4.79 Å². The molecule has 0 saturated carbocycles. The number of phenols is 1. The fraction of sp³-hybridized carbons (Fsp3) is 0.429. The second kappa shape index (κ2) is 10.6. The third-order valence-electron chi connectivity index (χ3n) is 2.63. The van der Waals surface area contributed by atoms with E-state index < -0.39 is 0 Å². The average Bonchev–Trinajstić information content (AvgIpc) is 2.48. The lowest BCUT2D eigenvalue weighted by atomic mass is 10.2. The lowest BCUT2D eigenvalue weighted by molar-refractivity contribution is 0.241. The van der Waals surface area contributed by atoms with E-state index in [2.05, 4.69) is 21.2 Å².